The third-order valence-corrected chi connectivity index (χ3v) is 6.43. The van der Waals surface area contributed by atoms with E-state index >= 15 is 0 Å². The highest BCUT2D eigenvalue weighted by Crippen LogP contribution is 2.30. The van der Waals surface area contributed by atoms with Gasteiger partial charge in [0, 0.05) is 60.8 Å². The van der Waals surface area contributed by atoms with E-state index in [1.54, 1.807) is 18.5 Å². The van der Waals surface area contributed by atoms with Gasteiger partial charge in [0.05, 0.1) is 11.8 Å². The van der Waals surface area contributed by atoms with Crippen molar-refractivity contribution < 1.29 is 9.18 Å². The number of piperazine rings is 1. The van der Waals surface area contributed by atoms with E-state index in [0.717, 1.165) is 43.3 Å². The number of hydrogen-bond donors (Lipinski definition) is 3. The number of aromatic nitrogens is 2. The van der Waals surface area contributed by atoms with Gasteiger partial charge < -0.3 is 25.8 Å². The highest BCUT2D eigenvalue weighted by Gasteiger charge is 2.33. The van der Waals surface area contributed by atoms with Crippen LogP contribution in [-0.2, 0) is 10.5 Å². The summed E-state index contributed by atoms with van der Waals surface area (Å²) >= 11 is 0. The number of amides is 1. The number of halogens is 1. The van der Waals surface area contributed by atoms with Gasteiger partial charge in [-0.05, 0) is 49.7 Å². The first kappa shape index (κ1) is 23.5. The Labute approximate surface area is 209 Å². The van der Waals surface area contributed by atoms with Crippen LogP contribution >= 0.6 is 0 Å². The largest absolute Gasteiger partial charge is 0.369 e. The smallest absolute Gasteiger partial charge is 0.248 e. The third kappa shape index (κ3) is 4.92. The second-order valence-corrected chi connectivity index (χ2v) is 8.85. The Morgan fingerprint density at radius 1 is 1.11 bits per heavy atom. The Morgan fingerprint density at radius 2 is 1.92 bits per heavy atom. The molecule has 1 amide bonds. The van der Waals surface area contributed by atoms with Crippen LogP contribution in [0.25, 0.3) is 10.9 Å². The van der Waals surface area contributed by atoms with Crippen LogP contribution in [0.2, 0.25) is 0 Å². The molecule has 184 valence electrons. The molecule has 1 fully saturated rings. The fourth-order valence-corrected chi connectivity index (χ4v) is 4.47. The Morgan fingerprint density at radius 3 is 2.64 bits per heavy atom. The highest BCUT2D eigenvalue weighted by molar-refractivity contribution is 5.90. The van der Waals surface area contributed by atoms with Gasteiger partial charge in [0.25, 0.3) is 0 Å². The van der Waals surface area contributed by atoms with Crippen molar-refractivity contribution in [3.05, 3.63) is 91.1 Å². The summed E-state index contributed by atoms with van der Waals surface area (Å²) in [7, 11) is 2.15. The molecule has 2 aliphatic rings. The summed E-state index contributed by atoms with van der Waals surface area (Å²) in [5.74, 6) is -0.141. The maximum atomic E-state index is 12.7. The number of para-hydroxylation sites is 1. The molecule has 2 aliphatic heterocycles. The summed E-state index contributed by atoms with van der Waals surface area (Å²) < 4.78 is 12.7. The number of nitrogens with one attached hydrogen (secondary N) is 3. The van der Waals surface area contributed by atoms with Gasteiger partial charge in [-0.25, -0.2) is 14.4 Å². The van der Waals surface area contributed by atoms with Gasteiger partial charge in [0.1, 0.15) is 0 Å². The Hall–Kier alpha value is -4.24. The second-order valence-electron chi connectivity index (χ2n) is 8.85. The van der Waals surface area contributed by atoms with Crippen LogP contribution in [0, 0.1) is 0 Å². The minimum Gasteiger partial charge on any atom is -0.369 e. The lowest BCUT2D eigenvalue weighted by Crippen LogP contribution is -2.53. The van der Waals surface area contributed by atoms with Crippen LogP contribution in [-0.4, -0.2) is 54.0 Å². The SMILES string of the molecule is CN1CCN(c2ccc(Nc3ncc4cccc(C5(NC(=O)/C=C\F)C=CC=CN5)c4n3)cc2)CC1. The van der Waals surface area contributed by atoms with E-state index < -0.39 is 11.6 Å². The maximum absolute atomic E-state index is 12.7. The molecule has 8 nitrogen and oxygen atoms in total. The zero-order chi connectivity index (χ0) is 25.0. The molecule has 9 heteroatoms. The number of benzene rings is 2. The zero-order valence-corrected chi connectivity index (χ0v) is 20.0. The first-order chi connectivity index (χ1) is 17.6. The molecule has 1 aromatic heterocycles. The number of fused-ring (bicyclic) bond motifs is 1. The summed E-state index contributed by atoms with van der Waals surface area (Å²) in [5, 5.41) is 10.1. The number of anilines is 3. The van der Waals surface area contributed by atoms with E-state index in [1.165, 1.54) is 5.69 Å². The third-order valence-electron chi connectivity index (χ3n) is 6.43. The number of carbonyl (C=O) groups is 1. The molecule has 1 atom stereocenters. The Balaban J connectivity index is 1.43. The number of dihydropyridines is 1. The van der Waals surface area contributed by atoms with Crippen molar-refractivity contribution in [3.63, 3.8) is 0 Å². The van der Waals surface area contributed by atoms with Gasteiger partial charge in [-0.1, -0.05) is 24.3 Å². The fourth-order valence-electron chi connectivity index (χ4n) is 4.47. The van der Waals surface area contributed by atoms with Crippen molar-refractivity contribution in [2.45, 2.75) is 5.66 Å². The fraction of sp³-hybridized carbons (Fsp3) is 0.222. The van der Waals surface area contributed by atoms with Crippen LogP contribution in [0.3, 0.4) is 0 Å². The molecule has 3 aromatic rings. The van der Waals surface area contributed by atoms with Crippen LogP contribution in [0.1, 0.15) is 5.56 Å². The van der Waals surface area contributed by atoms with E-state index in [0.29, 0.717) is 17.0 Å². The molecule has 0 bridgehead atoms. The van der Waals surface area contributed by atoms with Crippen molar-refractivity contribution in [2.24, 2.45) is 0 Å². The molecular weight excluding hydrogens is 457 g/mol. The average molecular weight is 486 g/mol. The molecular formula is C27H28FN7O. The van der Waals surface area contributed by atoms with Crippen LogP contribution in [0.5, 0.6) is 0 Å². The average Bonchev–Trinajstić information content (AvgIpc) is 2.90. The molecule has 0 aliphatic carbocycles. The van der Waals surface area contributed by atoms with Crippen molar-refractivity contribution in [1.82, 2.24) is 25.5 Å². The van der Waals surface area contributed by atoms with Crippen LogP contribution < -0.4 is 20.9 Å². The van der Waals surface area contributed by atoms with Crippen molar-refractivity contribution in [3.8, 4) is 0 Å². The molecule has 36 heavy (non-hydrogen) atoms. The normalized spacial score (nSPS) is 20.0. The predicted molar refractivity (Wildman–Crippen MR) is 140 cm³/mol. The number of rotatable bonds is 6. The number of likely N-dealkylation sites (N-methyl/N-ethyl adjacent to an activating group) is 1. The van der Waals surface area contributed by atoms with Gasteiger partial charge in [-0.3, -0.25) is 4.79 Å². The second kappa shape index (κ2) is 10.2. The van der Waals surface area contributed by atoms with Gasteiger partial charge >= 0.3 is 0 Å². The monoisotopic (exact) mass is 485 g/mol. The summed E-state index contributed by atoms with van der Waals surface area (Å²) in [6.45, 7) is 4.13. The summed E-state index contributed by atoms with van der Waals surface area (Å²) in [4.78, 5) is 26.3. The molecule has 3 N–H and O–H groups in total. The van der Waals surface area contributed by atoms with Gasteiger partial charge in [0.2, 0.25) is 11.9 Å². The topological polar surface area (TPSA) is 85.4 Å². The molecule has 1 unspecified atom stereocenters. The molecule has 0 spiro atoms. The standard InChI is InChI=1S/C27H28FN7O/c1-34-15-17-35(18-16-34)22-9-7-21(8-10-22)31-26-29-19-20-5-4-6-23(25(20)32-26)27(12-2-3-14-30-27)33-24(36)11-13-28/h2-14,19,30H,15-18H2,1H3,(H,33,36)(H,29,31,32)/b13-11-. The lowest BCUT2D eigenvalue weighted by atomic mass is 9.94. The minimum absolute atomic E-state index is 0.216. The Bertz CT molecular complexity index is 1330. The van der Waals surface area contributed by atoms with E-state index in [2.05, 4.69) is 49.9 Å². The number of nitrogens with zero attached hydrogens (tertiary/aromatic N) is 4. The summed E-state index contributed by atoms with van der Waals surface area (Å²) in [6, 6.07) is 13.9. The quantitative estimate of drug-likeness (QED) is 0.461. The van der Waals surface area contributed by atoms with E-state index in [1.807, 2.05) is 42.5 Å². The molecule has 0 radical (unpaired) electrons. The number of hydrogen-bond acceptors (Lipinski definition) is 7. The maximum Gasteiger partial charge on any atom is 0.248 e. The number of carbonyl (C=O) groups excluding carboxylic acids is 1. The van der Waals surface area contributed by atoms with Gasteiger partial charge in [-0.15, -0.1) is 0 Å². The highest BCUT2D eigenvalue weighted by atomic mass is 19.1. The molecule has 0 saturated carbocycles. The lowest BCUT2D eigenvalue weighted by molar-refractivity contribution is -0.118. The molecule has 3 heterocycles. The zero-order valence-electron chi connectivity index (χ0n) is 20.0. The van der Waals surface area contributed by atoms with Crippen molar-refractivity contribution in [1.29, 1.82) is 0 Å². The van der Waals surface area contributed by atoms with E-state index in [-0.39, 0.29) is 6.33 Å². The van der Waals surface area contributed by atoms with Crippen LogP contribution in [0.4, 0.5) is 21.7 Å². The minimum atomic E-state index is -1.10. The van der Waals surface area contributed by atoms with Crippen LogP contribution in [0.15, 0.2) is 85.5 Å². The predicted octanol–water partition coefficient (Wildman–Crippen LogP) is 3.55. The lowest BCUT2D eigenvalue weighted by Gasteiger charge is -2.34. The summed E-state index contributed by atoms with van der Waals surface area (Å²) in [5.41, 5.74) is 2.33. The van der Waals surface area contributed by atoms with E-state index in [4.69, 9.17) is 4.98 Å². The molecule has 1 saturated heterocycles. The first-order valence-electron chi connectivity index (χ1n) is 11.8. The molecule has 2 aromatic carbocycles. The van der Waals surface area contributed by atoms with Gasteiger partial charge in [-0.2, -0.15) is 0 Å². The van der Waals surface area contributed by atoms with Crippen molar-refractivity contribution >= 4 is 34.1 Å². The van der Waals surface area contributed by atoms with Gasteiger partial charge in [0.15, 0.2) is 5.66 Å². The summed E-state index contributed by atoms with van der Waals surface area (Å²) in [6.07, 6.45) is 9.96. The van der Waals surface area contributed by atoms with Crippen molar-refractivity contribution in [2.75, 3.05) is 43.4 Å². The first-order valence-corrected chi connectivity index (χ1v) is 11.8. The molecule has 5 rings (SSSR count). The number of allylic oxidation sites excluding steroid dienone is 2. The Kier molecular flexibility index (Phi) is 6.64. The van der Waals surface area contributed by atoms with E-state index in [9.17, 15) is 9.18 Å².